The summed E-state index contributed by atoms with van der Waals surface area (Å²) in [6.07, 6.45) is 0. The molecule has 3 rings (SSSR count). The van der Waals surface area contributed by atoms with E-state index >= 15 is 0 Å². The lowest BCUT2D eigenvalue weighted by Crippen LogP contribution is -2.23. The van der Waals surface area contributed by atoms with Gasteiger partial charge in [0.1, 0.15) is 6.04 Å². The van der Waals surface area contributed by atoms with Crippen LogP contribution in [-0.4, -0.2) is 11.9 Å². The van der Waals surface area contributed by atoms with Crippen LogP contribution in [0.3, 0.4) is 0 Å². The molecule has 0 saturated carbocycles. The zero-order valence-corrected chi connectivity index (χ0v) is 16.0. The molecule has 2 nitrogen and oxygen atoms in total. The Hall–Kier alpha value is -2.63. The molecule has 0 bridgehead atoms. The number of rotatable bonds is 4. The molecule has 0 aromatic heterocycles. The maximum absolute atomic E-state index is 9.85. The lowest BCUT2D eigenvalue weighted by molar-refractivity contribution is 0.284. The van der Waals surface area contributed by atoms with E-state index in [1.54, 1.807) is 0 Å². The Labute approximate surface area is 156 Å². The van der Waals surface area contributed by atoms with Gasteiger partial charge in [0.25, 0.3) is 0 Å². The quantitative estimate of drug-likeness (QED) is 0.596. The van der Waals surface area contributed by atoms with E-state index < -0.39 is 0 Å². The topological polar surface area (TPSA) is 27.0 Å². The SMILES string of the molecule is CN(Cc1ccc(C(C)(C)C)cc1)C(C#N)c1cccc2ccccc12. The first-order valence-electron chi connectivity index (χ1n) is 9.07. The fraction of sp³-hybridized carbons (Fsp3) is 0.292. The summed E-state index contributed by atoms with van der Waals surface area (Å²) in [5.41, 5.74) is 3.78. The van der Waals surface area contributed by atoms with E-state index in [2.05, 4.69) is 80.3 Å². The highest BCUT2D eigenvalue weighted by Crippen LogP contribution is 2.29. The van der Waals surface area contributed by atoms with E-state index in [-0.39, 0.29) is 11.5 Å². The molecule has 0 N–H and O–H groups in total. The molecule has 3 aromatic rings. The Bertz CT molecular complexity index is 922. The van der Waals surface area contributed by atoms with E-state index in [1.807, 2.05) is 25.2 Å². The summed E-state index contributed by atoms with van der Waals surface area (Å²) in [7, 11) is 2.02. The van der Waals surface area contributed by atoms with Gasteiger partial charge in [-0.15, -0.1) is 0 Å². The number of fused-ring (bicyclic) bond motifs is 1. The summed E-state index contributed by atoms with van der Waals surface area (Å²) in [6, 6.07) is 25.4. The van der Waals surface area contributed by atoms with Crippen LogP contribution in [0.2, 0.25) is 0 Å². The lowest BCUT2D eigenvalue weighted by atomic mass is 9.86. The van der Waals surface area contributed by atoms with Gasteiger partial charge in [-0.05, 0) is 39.9 Å². The average molecular weight is 342 g/mol. The molecule has 0 radical (unpaired) electrons. The second kappa shape index (κ2) is 7.32. The first kappa shape index (κ1) is 18.2. The second-order valence-corrected chi connectivity index (χ2v) is 7.96. The lowest BCUT2D eigenvalue weighted by Gasteiger charge is -2.25. The van der Waals surface area contributed by atoms with Gasteiger partial charge in [-0.2, -0.15) is 5.26 Å². The Morgan fingerprint density at radius 2 is 1.58 bits per heavy atom. The van der Waals surface area contributed by atoms with Gasteiger partial charge in [0, 0.05) is 6.54 Å². The number of nitrogens with zero attached hydrogens (tertiary/aromatic N) is 2. The molecule has 1 atom stereocenters. The van der Waals surface area contributed by atoms with Crippen LogP contribution in [0.4, 0.5) is 0 Å². The van der Waals surface area contributed by atoms with E-state index in [9.17, 15) is 5.26 Å². The van der Waals surface area contributed by atoms with Crippen LogP contribution in [0.15, 0.2) is 66.7 Å². The fourth-order valence-electron chi connectivity index (χ4n) is 3.38. The molecule has 1 unspecified atom stereocenters. The molecule has 0 heterocycles. The summed E-state index contributed by atoms with van der Waals surface area (Å²) in [5, 5.41) is 12.2. The van der Waals surface area contributed by atoms with Crippen molar-refractivity contribution < 1.29 is 0 Å². The van der Waals surface area contributed by atoms with E-state index in [4.69, 9.17) is 0 Å². The van der Waals surface area contributed by atoms with Crippen LogP contribution < -0.4 is 0 Å². The van der Waals surface area contributed by atoms with Crippen LogP contribution in [0.25, 0.3) is 10.8 Å². The third-order valence-corrected chi connectivity index (χ3v) is 4.93. The molecule has 0 spiro atoms. The van der Waals surface area contributed by atoms with E-state index in [0.29, 0.717) is 0 Å². The Kier molecular flexibility index (Phi) is 5.11. The maximum Gasteiger partial charge on any atom is 0.124 e. The van der Waals surface area contributed by atoms with Crippen molar-refractivity contribution in [1.29, 1.82) is 5.26 Å². The van der Waals surface area contributed by atoms with Crippen molar-refractivity contribution in [3.63, 3.8) is 0 Å². The van der Waals surface area contributed by atoms with Crippen LogP contribution in [0.5, 0.6) is 0 Å². The highest BCUT2D eigenvalue weighted by molar-refractivity contribution is 5.86. The van der Waals surface area contributed by atoms with Gasteiger partial charge in [0.05, 0.1) is 6.07 Å². The number of hydrogen-bond donors (Lipinski definition) is 0. The third kappa shape index (κ3) is 3.79. The molecule has 0 fully saturated rings. The molecule has 0 aliphatic carbocycles. The minimum atomic E-state index is -0.275. The predicted molar refractivity (Wildman–Crippen MR) is 109 cm³/mol. The fourth-order valence-corrected chi connectivity index (χ4v) is 3.38. The molecule has 26 heavy (non-hydrogen) atoms. The largest absolute Gasteiger partial charge is 0.283 e. The van der Waals surface area contributed by atoms with E-state index in [1.165, 1.54) is 16.5 Å². The first-order chi connectivity index (χ1) is 12.4. The zero-order chi connectivity index (χ0) is 18.7. The number of nitriles is 1. The van der Waals surface area contributed by atoms with Crippen molar-refractivity contribution in [2.24, 2.45) is 0 Å². The molecule has 3 aromatic carbocycles. The Morgan fingerprint density at radius 3 is 2.23 bits per heavy atom. The van der Waals surface area contributed by atoms with Crippen LogP contribution in [0, 0.1) is 11.3 Å². The summed E-state index contributed by atoms with van der Waals surface area (Å²) >= 11 is 0. The van der Waals surface area contributed by atoms with Gasteiger partial charge in [0.15, 0.2) is 0 Å². The first-order valence-corrected chi connectivity index (χ1v) is 9.07. The molecule has 0 amide bonds. The molecule has 132 valence electrons. The zero-order valence-electron chi connectivity index (χ0n) is 16.0. The van der Waals surface area contributed by atoms with Gasteiger partial charge in [-0.3, -0.25) is 4.90 Å². The van der Waals surface area contributed by atoms with Gasteiger partial charge < -0.3 is 0 Å². The van der Waals surface area contributed by atoms with Gasteiger partial charge >= 0.3 is 0 Å². The highest BCUT2D eigenvalue weighted by Gasteiger charge is 2.19. The summed E-state index contributed by atoms with van der Waals surface area (Å²) in [5.74, 6) is 0. The van der Waals surface area contributed by atoms with Crippen molar-refractivity contribution in [1.82, 2.24) is 4.90 Å². The molecule has 0 aliphatic heterocycles. The monoisotopic (exact) mass is 342 g/mol. The summed E-state index contributed by atoms with van der Waals surface area (Å²) in [6.45, 7) is 7.41. The second-order valence-electron chi connectivity index (χ2n) is 7.96. The average Bonchev–Trinajstić information content (AvgIpc) is 2.62. The normalized spacial score (nSPS) is 12.9. The van der Waals surface area contributed by atoms with Crippen LogP contribution in [0.1, 0.15) is 43.5 Å². The molecule has 0 saturated heterocycles. The van der Waals surface area contributed by atoms with Crippen molar-refractivity contribution in [2.75, 3.05) is 7.05 Å². The van der Waals surface area contributed by atoms with Crippen LogP contribution >= 0.6 is 0 Å². The highest BCUT2D eigenvalue weighted by atomic mass is 15.1. The molecular formula is C24H26N2. The van der Waals surface area contributed by atoms with Crippen LogP contribution in [-0.2, 0) is 12.0 Å². The predicted octanol–water partition coefficient (Wildman–Crippen LogP) is 5.83. The van der Waals surface area contributed by atoms with Gasteiger partial charge in [-0.1, -0.05) is 87.5 Å². The van der Waals surface area contributed by atoms with Crippen molar-refractivity contribution in [3.8, 4) is 6.07 Å². The molecular weight excluding hydrogens is 316 g/mol. The summed E-state index contributed by atoms with van der Waals surface area (Å²) < 4.78 is 0. The standard InChI is InChI=1S/C24H26N2/c1-24(2,3)20-14-12-18(13-15-20)17-26(4)23(16-25)22-11-7-9-19-8-5-6-10-21(19)22/h5-15,23H,17H2,1-4H3. The minimum Gasteiger partial charge on any atom is -0.283 e. The maximum atomic E-state index is 9.85. The number of benzene rings is 3. The Morgan fingerprint density at radius 1 is 0.923 bits per heavy atom. The summed E-state index contributed by atoms with van der Waals surface area (Å²) in [4.78, 5) is 2.12. The Balaban J connectivity index is 1.85. The van der Waals surface area contributed by atoms with Crippen molar-refractivity contribution in [2.45, 2.75) is 38.8 Å². The van der Waals surface area contributed by atoms with Crippen molar-refractivity contribution >= 4 is 10.8 Å². The van der Waals surface area contributed by atoms with Gasteiger partial charge in [-0.25, -0.2) is 0 Å². The van der Waals surface area contributed by atoms with Gasteiger partial charge in [0.2, 0.25) is 0 Å². The smallest absolute Gasteiger partial charge is 0.124 e. The minimum absolute atomic E-state index is 0.155. The third-order valence-electron chi connectivity index (χ3n) is 4.93. The number of hydrogen-bond acceptors (Lipinski definition) is 2. The molecule has 0 aliphatic rings. The van der Waals surface area contributed by atoms with Crippen molar-refractivity contribution in [3.05, 3.63) is 83.4 Å². The molecule has 2 heteroatoms. The van der Waals surface area contributed by atoms with E-state index in [0.717, 1.165) is 17.5 Å².